The predicted octanol–water partition coefficient (Wildman–Crippen LogP) is 2.29. The summed E-state index contributed by atoms with van der Waals surface area (Å²) >= 11 is 3.44. The number of rotatable bonds is 4. The van der Waals surface area contributed by atoms with Gasteiger partial charge in [0.2, 0.25) is 5.91 Å². The van der Waals surface area contributed by atoms with E-state index in [9.17, 15) is 4.79 Å². The topological polar surface area (TPSA) is 82.8 Å². The molecule has 7 nitrogen and oxygen atoms in total. The van der Waals surface area contributed by atoms with Crippen LogP contribution in [0.4, 0.5) is 0 Å². The largest absolute Gasteiger partial charge is 0.351 e. The van der Waals surface area contributed by atoms with Crippen LogP contribution in [0.1, 0.15) is 26.5 Å². The van der Waals surface area contributed by atoms with Crippen LogP contribution in [0.15, 0.2) is 34.0 Å². The number of pyridine rings is 1. The number of hydrogen-bond donors (Lipinski definition) is 3. The van der Waals surface area contributed by atoms with E-state index >= 15 is 0 Å². The molecule has 3 N–H and O–H groups in total. The molecule has 0 aliphatic carbocycles. The summed E-state index contributed by atoms with van der Waals surface area (Å²) in [5.41, 5.74) is 1.51. The van der Waals surface area contributed by atoms with Crippen LogP contribution in [0.5, 0.6) is 0 Å². The van der Waals surface area contributed by atoms with Gasteiger partial charge in [-0.2, -0.15) is 0 Å². The van der Waals surface area contributed by atoms with E-state index in [0.717, 1.165) is 15.8 Å². The molecule has 0 fully saturated rings. The van der Waals surface area contributed by atoms with Crippen LogP contribution in [0.2, 0.25) is 0 Å². The number of imidazole rings is 1. The van der Waals surface area contributed by atoms with Gasteiger partial charge in [-0.25, -0.2) is 4.98 Å². The number of carbonyl (C=O) groups is 1. The third-order valence-corrected chi connectivity index (χ3v) is 3.53. The normalized spacial score (nSPS) is 11.8. The molecular weight excluding hydrogens is 499 g/mol. The van der Waals surface area contributed by atoms with E-state index in [2.05, 4.69) is 41.9 Å². The van der Waals surface area contributed by atoms with Crippen LogP contribution < -0.4 is 16.0 Å². The Morgan fingerprint density at radius 2 is 2.00 bits per heavy atom. The standard InChI is InChI=1S/C16H23BrN6O.HI/c1-16(2,3)22-14(24)8-20-15(18-4)19-7-12-10-23-9-11(17)5-6-13(23)21-12;/h5-6,9-10H,7-8H2,1-4H3,(H,22,24)(H2,18,19,20);1H. The van der Waals surface area contributed by atoms with E-state index < -0.39 is 0 Å². The Morgan fingerprint density at radius 3 is 2.64 bits per heavy atom. The zero-order chi connectivity index (χ0) is 17.7. The van der Waals surface area contributed by atoms with Crippen LogP contribution in [0, 0.1) is 0 Å². The highest BCUT2D eigenvalue weighted by molar-refractivity contribution is 14.0. The highest BCUT2D eigenvalue weighted by Crippen LogP contribution is 2.12. The molecule has 0 saturated carbocycles. The van der Waals surface area contributed by atoms with Crippen molar-refractivity contribution in [3.05, 3.63) is 34.7 Å². The first-order valence-electron chi connectivity index (χ1n) is 7.65. The number of nitrogens with zero attached hydrogens (tertiary/aromatic N) is 3. The van der Waals surface area contributed by atoms with Gasteiger partial charge in [0.25, 0.3) is 0 Å². The number of aromatic nitrogens is 2. The Bertz CT molecular complexity index is 753. The summed E-state index contributed by atoms with van der Waals surface area (Å²) in [6.07, 6.45) is 3.91. The number of aliphatic imine (C=N–C) groups is 1. The Kier molecular flexibility index (Phi) is 8.13. The molecule has 2 aromatic heterocycles. The molecule has 0 radical (unpaired) electrons. The van der Waals surface area contributed by atoms with Gasteiger partial charge in [-0.1, -0.05) is 0 Å². The first kappa shape index (κ1) is 21.7. The van der Waals surface area contributed by atoms with Crippen molar-refractivity contribution in [2.75, 3.05) is 13.6 Å². The first-order valence-corrected chi connectivity index (χ1v) is 8.45. The number of guanidine groups is 1. The van der Waals surface area contributed by atoms with Crippen LogP contribution in [0.3, 0.4) is 0 Å². The van der Waals surface area contributed by atoms with Gasteiger partial charge in [0, 0.05) is 29.5 Å². The second kappa shape index (κ2) is 9.37. The fourth-order valence-corrected chi connectivity index (χ4v) is 2.48. The summed E-state index contributed by atoms with van der Waals surface area (Å²) < 4.78 is 2.95. The van der Waals surface area contributed by atoms with Crippen molar-refractivity contribution >= 4 is 57.4 Å². The maximum Gasteiger partial charge on any atom is 0.239 e. The van der Waals surface area contributed by atoms with E-state index in [1.165, 1.54) is 0 Å². The van der Waals surface area contributed by atoms with Gasteiger partial charge >= 0.3 is 0 Å². The molecule has 2 aromatic rings. The molecule has 1 amide bonds. The summed E-state index contributed by atoms with van der Waals surface area (Å²) in [4.78, 5) is 20.5. The lowest BCUT2D eigenvalue weighted by Crippen LogP contribution is -2.48. The maximum absolute atomic E-state index is 11.8. The number of nitrogens with one attached hydrogen (secondary N) is 3. The zero-order valence-electron chi connectivity index (χ0n) is 14.8. The van der Waals surface area contributed by atoms with Crippen molar-refractivity contribution in [3.8, 4) is 0 Å². The molecule has 0 atom stereocenters. The Labute approximate surface area is 173 Å². The molecule has 0 unspecified atom stereocenters. The monoisotopic (exact) mass is 522 g/mol. The third-order valence-electron chi connectivity index (χ3n) is 3.06. The molecule has 0 aliphatic rings. The average Bonchev–Trinajstić information content (AvgIpc) is 2.87. The summed E-state index contributed by atoms with van der Waals surface area (Å²) in [6, 6.07) is 3.89. The maximum atomic E-state index is 11.8. The lowest BCUT2D eigenvalue weighted by Gasteiger charge is -2.21. The minimum Gasteiger partial charge on any atom is -0.351 e. The molecule has 0 saturated heterocycles. The molecule has 2 rings (SSSR count). The second-order valence-corrected chi connectivity index (χ2v) is 7.34. The smallest absolute Gasteiger partial charge is 0.239 e. The summed E-state index contributed by atoms with van der Waals surface area (Å²) in [5, 5.41) is 9.03. The summed E-state index contributed by atoms with van der Waals surface area (Å²) in [6.45, 7) is 6.51. The summed E-state index contributed by atoms with van der Waals surface area (Å²) in [5.74, 6) is 0.473. The molecule has 138 valence electrons. The molecule has 25 heavy (non-hydrogen) atoms. The first-order chi connectivity index (χ1) is 11.3. The minimum absolute atomic E-state index is 0. The second-order valence-electron chi connectivity index (χ2n) is 6.42. The highest BCUT2D eigenvalue weighted by atomic mass is 127. The van der Waals surface area contributed by atoms with Crippen LogP contribution >= 0.6 is 39.9 Å². The molecule has 0 aliphatic heterocycles. The SMILES string of the molecule is CN=C(NCC(=O)NC(C)(C)C)NCc1cn2cc(Br)ccc2n1.I. The number of halogens is 2. The van der Waals surface area contributed by atoms with Gasteiger partial charge in [0.15, 0.2) is 5.96 Å². The average molecular weight is 523 g/mol. The van der Waals surface area contributed by atoms with Crippen molar-refractivity contribution in [2.45, 2.75) is 32.9 Å². The minimum atomic E-state index is -0.249. The molecule has 2 heterocycles. The van der Waals surface area contributed by atoms with E-state index in [-0.39, 0.29) is 42.0 Å². The van der Waals surface area contributed by atoms with Crippen molar-refractivity contribution < 1.29 is 4.79 Å². The molecule has 0 bridgehead atoms. The van der Waals surface area contributed by atoms with E-state index in [0.29, 0.717) is 12.5 Å². The molecule has 0 spiro atoms. The number of hydrogen-bond acceptors (Lipinski definition) is 3. The Balaban J connectivity index is 0.00000312. The lowest BCUT2D eigenvalue weighted by atomic mass is 10.1. The number of fused-ring (bicyclic) bond motifs is 1. The number of amides is 1. The Morgan fingerprint density at radius 1 is 1.28 bits per heavy atom. The van der Waals surface area contributed by atoms with Gasteiger partial charge in [-0.05, 0) is 48.8 Å². The van der Waals surface area contributed by atoms with Gasteiger partial charge in [0.05, 0.1) is 18.8 Å². The van der Waals surface area contributed by atoms with Gasteiger partial charge in [-0.15, -0.1) is 24.0 Å². The van der Waals surface area contributed by atoms with Crippen molar-refractivity contribution in [1.29, 1.82) is 0 Å². The zero-order valence-corrected chi connectivity index (χ0v) is 18.7. The predicted molar refractivity (Wildman–Crippen MR) is 114 cm³/mol. The molecule has 9 heteroatoms. The third kappa shape index (κ3) is 7.18. The fourth-order valence-electron chi connectivity index (χ4n) is 2.12. The van der Waals surface area contributed by atoms with Gasteiger partial charge in [0.1, 0.15) is 5.65 Å². The summed E-state index contributed by atoms with van der Waals surface area (Å²) in [7, 11) is 1.66. The van der Waals surface area contributed by atoms with Crippen LogP contribution in [-0.2, 0) is 11.3 Å². The lowest BCUT2D eigenvalue weighted by molar-refractivity contribution is -0.121. The van der Waals surface area contributed by atoms with Crippen molar-refractivity contribution in [3.63, 3.8) is 0 Å². The van der Waals surface area contributed by atoms with Gasteiger partial charge in [-0.3, -0.25) is 9.79 Å². The van der Waals surface area contributed by atoms with Crippen molar-refractivity contribution in [1.82, 2.24) is 25.3 Å². The fraction of sp³-hybridized carbons (Fsp3) is 0.438. The Hall–Kier alpha value is -1.36. The quantitative estimate of drug-likeness (QED) is 0.327. The van der Waals surface area contributed by atoms with E-state index in [1.54, 1.807) is 7.05 Å². The van der Waals surface area contributed by atoms with Crippen molar-refractivity contribution in [2.24, 2.45) is 4.99 Å². The molecular formula is C16H24BrIN6O. The molecule has 0 aromatic carbocycles. The highest BCUT2D eigenvalue weighted by Gasteiger charge is 2.13. The number of carbonyl (C=O) groups excluding carboxylic acids is 1. The van der Waals surface area contributed by atoms with E-state index in [4.69, 9.17) is 0 Å². The van der Waals surface area contributed by atoms with E-state index in [1.807, 2.05) is 49.7 Å². The van der Waals surface area contributed by atoms with Crippen LogP contribution in [-0.4, -0.2) is 40.4 Å². The van der Waals surface area contributed by atoms with Gasteiger partial charge < -0.3 is 20.4 Å². The van der Waals surface area contributed by atoms with Crippen LogP contribution in [0.25, 0.3) is 5.65 Å².